The van der Waals surface area contributed by atoms with Crippen LogP contribution in [0.1, 0.15) is 18.9 Å². The van der Waals surface area contributed by atoms with Gasteiger partial charge in [-0.25, -0.2) is 4.98 Å². The first-order chi connectivity index (χ1) is 13.1. The van der Waals surface area contributed by atoms with E-state index in [1.54, 1.807) is 4.90 Å². The number of hydrogen-bond donors (Lipinski definition) is 0. The monoisotopic (exact) mass is 358 g/mol. The molecule has 1 fully saturated rings. The van der Waals surface area contributed by atoms with Crippen LogP contribution < -0.4 is 15.0 Å². The molecule has 1 heterocycles. The van der Waals surface area contributed by atoms with Crippen molar-refractivity contribution in [2.45, 2.75) is 25.5 Å². The first kappa shape index (κ1) is 17.4. The Labute approximate surface area is 158 Å². The zero-order valence-electron chi connectivity index (χ0n) is 15.5. The van der Waals surface area contributed by atoms with E-state index < -0.39 is 12.1 Å². The Hall–Kier alpha value is -2.98. The third-order valence-electron chi connectivity index (χ3n) is 5.40. The van der Waals surface area contributed by atoms with Gasteiger partial charge in [-0.1, -0.05) is 43.4 Å². The highest BCUT2D eigenvalue weighted by Crippen LogP contribution is 2.37. The molecule has 1 N–H and O–H groups in total. The number of aromatic amines is 1. The van der Waals surface area contributed by atoms with Crippen molar-refractivity contribution < 1.29 is 14.9 Å². The summed E-state index contributed by atoms with van der Waals surface area (Å²) >= 11 is 0. The Morgan fingerprint density at radius 3 is 2.48 bits per heavy atom. The van der Waals surface area contributed by atoms with E-state index in [1.165, 1.54) is 0 Å². The summed E-state index contributed by atoms with van der Waals surface area (Å²) in [6, 6.07) is 18.9. The number of carbonyl (C=O) groups is 1. The molecule has 3 aromatic rings. The predicted molar refractivity (Wildman–Crippen MR) is 105 cm³/mol. The zero-order valence-corrected chi connectivity index (χ0v) is 15.5. The number of allylic oxidation sites excluding steroid dienone is 1. The predicted octanol–water partition coefficient (Wildman–Crippen LogP) is 2.63. The van der Waals surface area contributed by atoms with Gasteiger partial charge in [-0.15, -0.1) is 0 Å². The van der Waals surface area contributed by atoms with Crippen LogP contribution in [0, 0.1) is 0 Å². The molecule has 4 nitrogen and oxygen atoms in total. The van der Waals surface area contributed by atoms with Gasteiger partial charge in [-0.3, -0.25) is 4.79 Å². The molecule has 1 aliphatic carbocycles. The highest BCUT2D eigenvalue weighted by atomic mass is 16.3. The van der Waals surface area contributed by atoms with E-state index in [9.17, 15) is 9.90 Å². The van der Waals surface area contributed by atoms with Crippen LogP contribution in [-0.4, -0.2) is 25.0 Å². The van der Waals surface area contributed by atoms with Crippen molar-refractivity contribution in [3.63, 3.8) is 0 Å². The molecule has 0 aliphatic heterocycles. The van der Waals surface area contributed by atoms with Crippen molar-refractivity contribution in [1.82, 2.24) is 0 Å². The molecular weight excluding hydrogens is 336 g/mol. The maximum atomic E-state index is 13.1. The lowest BCUT2D eigenvalue weighted by atomic mass is 9.75. The molecule has 0 saturated heterocycles. The Kier molecular flexibility index (Phi) is 4.50. The van der Waals surface area contributed by atoms with Crippen LogP contribution >= 0.6 is 0 Å². The molecular formula is C23H22N2O2. The first-order valence-electron chi connectivity index (χ1n) is 9.24. The Bertz CT molecular complexity index is 1020. The van der Waals surface area contributed by atoms with Crippen molar-refractivity contribution in [2.75, 3.05) is 11.9 Å². The number of hydrogen-bond acceptors (Lipinski definition) is 3. The Balaban J connectivity index is 1.75. The summed E-state index contributed by atoms with van der Waals surface area (Å²) < 4.78 is 0. The molecule has 0 spiro atoms. The third kappa shape index (κ3) is 2.82. The zero-order chi connectivity index (χ0) is 19.0. The molecule has 4 rings (SSSR count). The Morgan fingerprint density at radius 1 is 1.07 bits per heavy atom. The van der Waals surface area contributed by atoms with E-state index in [1.807, 2.05) is 80.8 Å². The van der Waals surface area contributed by atoms with Gasteiger partial charge in [-0.05, 0) is 41.3 Å². The van der Waals surface area contributed by atoms with Crippen LogP contribution in [0.4, 0.5) is 5.69 Å². The molecule has 1 saturated carbocycles. The number of carbonyl (C=O) groups excluding carboxylic acids is 1. The fraction of sp³-hybridized carbons (Fsp3) is 0.217. The molecule has 1 aliphatic rings. The second-order valence-electron chi connectivity index (χ2n) is 6.86. The molecule has 1 aromatic heterocycles. The van der Waals surface area contributed by atoms with Gasteiger partial charge in [0.1, 0.15) is 0 Å². The fourth-order valence-corrected chi connectivity index (χ4v) is 3.96. The van der Waals surface area contributed by atoms with Crippen molar-refractivity contribution >= 4 is 27.9 Å². The number of H-pyrrole nitrogens is 1. The molecule has 2 aromatic carbocycles. The standard InChI is InChI=1S/C23H21N2O2/c1-3-16(17-13-14-24-19-12-8-7-11-18(17)19)20-22(26)21(23(20)27)25(2)15-9-5-4-6-10-15/h4-14,21-22H,3H2,1-2H3/q-1/p+1. The number of pyridine rings is 1. The summed E-state index contributed by atoms with van der Waals surface area (Å²) in [5.74, 6) is -0.0601. The number of para-hydroxylation sites is 2. The minimum atomic E-state index is -1.04. The maximum absolute atomic E-state index is 13.1. The van der Waals surface area contributed by atoms with Crippen LogP contribution in [0.3, 0.4) is 0 Å². The number of fused-ring (bicyclic) bond motifs is 1. The van der Waals surface area contributed by atoms with Gasteiger partial charge in [-0.2, -0.15) is 0 Å². The van der Waals surface area contributed by atoms with Crippen LogP contribution in [0.15, 0.2) is 72.4 Å². The SMILES string of the molecule is CCC(=C1C(=O)C(N(C)c2ccccc2)C1[O-])c1cc[nH+]c2ccccc12. The molecule has 136 valence electrons. The third-order valence-corrected chi connectivity index (χ3v) is 5.40. The van der Waals surface area contributed by atoms with Gasteiger partial charge >= 0.3 is 0 Å². The van der Waals surface area contributed by atoms with Gasteiger partial charge in [0.25, 0.3) is 0 Å². The number of anilines is 1. The van der Waals surface area contributed by atoms with E-state index in [4.69, 9.17) is 0 Å². The van der Waals surface area contributed by atoms with Gasteiger partial charge in [0, 0.05) is 24.9 Å². The molecule has 0 bridgehead atoms. The number of nitrogens with zero attached hydrogens (tertiary/aromatic N) is 1. The molecule has 0 amide bonds. The highest BCUT2D eigenvalue weighted by molar-refractivity contribution is 6.16. The average molecular weight is 358 g/mol. The van der Waals surface area contributed by atoms with Crippen LogP contribution in [0.2, 0.25) is 0 Å². The summed E-state index contributed by atoms with van der Waals surface area (Å²) in [5.41, 5.74) is 4.14. The lowest BCUT2D eigenvalue weighted by Crippen LogP contribution is -2.64. The van der Waals surface area contributed by atoms with E-state index in [-0.39, 0.29) is 5.78 Å². The van der Waals surface area contributed by atoms with Crippen molar-refractivity contribution in [2.24, 2.45) is 0 Å². The molecule has 4 heteroatoms. The molecule has 2 unspecified atom stereocenters. The van der Waals surface area contributed by atoms with Gasteiger partial charge in [0.05, 0.1) is 11.4 Å². The number of likely N-dealkylation sites (N-methyl/N-ethyl adjacent to an activating group) is 1. The number of nitrogens with one attached hydrogen (secondary N) is 1. The summed E-state index contributed by atoms with van der Waals surface area (Å²) in [5, 5.41) is 14.1. The number of Topliss-reactive ketones (excluding diaryl/α,β-unsaturated/α-hetero) is 1. The molecule has 0 radical (unpaired) electrons. The smallest absolute Gasteiger partial charge is 0.211 e. The van der Waals surface area contributed by atoms with E-state index in [0.29, 0.717) is 12.0 Å². The van der Waals surface area contributed by atoms with Crippen LogP contribution in [0.5, 0.6) is 0 Å². The van der Waals surface area contributed by atoms with Crippen LogP contribution in [0.25, 0.3) is 16.5 Å². The van der Waals surface area contributed by atoms with Crippen molar-refractivity contribution in [1.29, 1.82) is 0 Å². The Morgan fingerprint density at radius 2 is 1.78 bits per heavy atom. The van der Waals surface area contributed by atoms with E-state index >= 15 is 0 Å². The summed E-state index contributed by atoms with van der Waals surface area (Å²) in [4.78, 5) is 18.0. The molecule has 2 atom stereocenters. The second-order valence-corrected chi connectivity index (χ2v) is 6.86. The highest BCUT2D eigenvalue weighted by Gasteiger charge is 2.42. The van der Waals surface area contributed by atoms with Gasteiger partial charge in [0.15, 0.2) is 12.0 Å². The summed E-state index contributed by atoms with van der Waals surface area (Å²) in [6.07, 6.45) is 1.47. The lowest BCUT2D eigenvalue weighted by Gasteiger charge is -2.49. The second kappa shape index (κ2) is 6.97. The minimum Gasteiger partial charge on any atom is -0.847 e. The van der Waals surface area contributed by atoms with E-state index in [0.717, 1.165) is 27.7 Å². The van der Waals surface area contributed by atoms with Crippen molar-refractivity contribution in [3.8, 4) is 0 Å². The number of ketones is 1. The van der Waals surface area contributed by atoms with Gasteiger partial charge < -0.3 is 10.0 Å². The summed E-state index contributed by atoms with van der Waals surface area (Å²) in [7, 11) is 1.82. The number of benzene rings is 2. The first-order valence-corrected chi connectivity index (χ1v) is 9.24. The van der Waals surface area contributed by atoms with Crippen LogP contribution in [-0.2, 0) is 4.79 Å². The fourth-order valence-electron chi connectivity index (χ4n) is 3.96. The largest absolute Gasteiger partial charge is 0.847 e. The quantitative estimate of drug-likeness (QED) is 0.674. The van der Waals surface area contributed by atoms with Crippen molar-refractivity contribution in [3.05, 3.63) is 78.0 Å². The number of aromatic nitrogens is 1. The topological polar surface area (TPSA) is 57.5 Å². The lowest BCUT2D eigenvalue weighted by molar-refractivity contribution is -0.414. The maximum Gasteiger partial charge on any atom is 0.211 e. The van der Waals surface area contributed by atoms with Gasteiger partial charge in [0.2, 0.25) is 5.52 Å². The minimum absolute atomic E-state index is 0.0601. The molecule has 27 heavy (non-hydrogen) atoms. The summed E-state index contributed by atoms with van der Waals surface area (Å²) in [6.45, 7) is 2.00. The normalized spacial score (nSPS) is 21.1. The average Bonchev–Trinajstić information content (AvgIpc) is 2.72. The van der Waals surface area contributed by atoms with E-state index in [2.05, 4.69) is 4.98 Å². The number of rotatable bonds is 4.